The van der Waals surface area contributed by atoms with E-state index < -0.39 is 6.29 Å². The number of ether oxygens (including phenoxy) is 5. The largest absolute Gasteiger partial charge is 0.379 e. The van der Waals surface area contributed by atoms with Crippen LogP contribution in [0.5, 0.6) is 0 Å². The summed E-state index contributed by atoms with van der Waals surface area (Å²) in [6.45, 7) is 13.3. The van der Waals surface area contributed by atoms with E-state index in [1.165, 1.54) is 0 Å². The molecule has 4 atom stereocenters. The number of rotatable bonds is 14. The highest BCUT2D eigenvalue weighted by atomic mass is 16.7. The minimum Gasteiger partial charge on any atom is -0.379 e. The molecular formula is C20H38O5. The topological polar surface area (TPSA) is 46.2 Å². The van der Waals surface area contributed by atoms with Crippen LogP contribution in [0, 0.1) is 0 Å². The molecule has 0 aliphatic carbocycles. The zero-order valence-corrected chi connectivity index (χ0v) is 16.6. The third-order valence-corrected chi connectivity index (χ3v) is 4.37. The van der Waals surface area contributed by atoms with Gasteiger partial charge in [0.05, 0.1) is 6.61 Å². The molecule has 1 fully saturated rings. The lowest BCUT2D eigenvalue weighted by Crippen LogP contribution is -2.53. The van der Waals surface area contributed by atoms with Crippen LogP contribution >= 0.6 is 0 Å². The highest BCUT2D eigenvalue weighted by Gasteiger charge is 2.42. The Morgan fingerprint density at radius 1 is 0.880 bits per heavy atom. The summed E-state index contributed by atoms with van der Waals surface area (Å²) in [6.07, 6.45) is 5.17. The van der Waals surface area contributed by atoms with Crippen molar-refractivity contribution < 1.29 is 23.7 Å². The van der Waals surface area contributed by atoms with Gasteiger partial charge in [-0.15, -0.1) is 0 Å². The lowest BCUT2D eigenvalue weighted by Gasteiger charge is -2.42. The van der Waals surface area contributed by atoms with Gasteiger partial charge in [-0.2, -0.15) is 0 Å². The van der Waals surface area contributed by atoms with Crippen molar-refractivity contribution in [1.82, 2.24) is 0 Å². The molecule has 0 N–H and O–H groups in total. The number of hydrogen-bond acceptors (Lipinski definition) is 5. The summed E-state index contributed by atoms with van der Waals surface area (Å²) >= 11 is 0. The van der Waals surface area contributed by atoms with E-state index in [2.05, 4.69) is 27.4 Å². The van der Waals surface area contributed by atoms with Crippen molar-refractivity contribution >= 4 is 0 Å². The molecule has 148 valence electrons. The predicted molar refractivity (Wildman–Crippen MR) is 99.8 cm³/mol. The molecule has 1 rings (SSSR count). The van der Waals surface area contributed by atoms with Crippen LogP contribution in [0.25, 0.3) is 0 Å². The molecule has 25 heavy (non-hydrogen) atoms. The Balaban J connectivity index is 2.71. The molecule has 0 saturated carbocycles. The van der Waals surface area contributed by atoms with Crippen molar-refractivity contribution in [3.05, 3.63) is 12.2 Å². The van der Waals surface area contributed by atoms with E-state index in [-0.39, 0.29) is 18.3 Å². The average Bonchev–Trinajstić information content (AvgIpc) is 2.62. The minimum atomic E-state index is -0.463. The van der Waals surface area contributed by atoms with Gasteiger partial charge in [0.15, 0.2) is 6.29 Å². The molecule has 1 aliphatic heterocycles. The molecule has 0 amide bonds. The highest BCUT2D eigenvalue weighted by Crippen LogP contribution is 2.30. The van der Waals surface area contributed by atoms with Crippen molar-refractivity contribution in [1.29, 1.82) is 0 Å². The Bertz CT molecular complexity index is 347. The summed E-state index contributed by atoms with van der Waals surface area (Å²) in [5.41, 5.74) is 0.898. The van der Waals surface area contributed by atoms with E-state index in [1.807, 2.05) is 0 Å². The Labute approximate surface area is 154 Å². The normalized spacial score (nSPS) is 27.0. The Kier molecular flexibility index (Phi) is 12.4. The van der Waals surface area contributed by atoms with Gasteiger partial charge in [-0.3, -0.25) is 0 Å². The standard InChI is InChI=1S/C20H38O5/c1-6-9-12-22-15-17-18(23-13-10-7-2)16(4)19(20(21-5)25-17)24-14-11-8-3/h17-20H,4,6-15H2,1-3,5H3/t17?,18-,19+,20-/m1/s1. The highest BCUT2D eigenvalue weighted by molar-refractivity contribution is 5.16. The van der Waals surface area contributed by atoms with Crippen molar-refractivity contribution in [2.45, 2.75) is 83.9 Å². The van der Waals surface area contributed by atoms with Crippen LogP contribution in [0.2, 0.25) is 0 Å². The van der Waals surface area contributed by atoms with Crippen LogP contribution < -0.4 is 0 Å². The molecular weight excluding hydrogens is 320 g/mol. The lowest BCUT2D eigenvalue weighted by atomic mass is 9.96. The fourth-order valence-corrected chi connectivity index (χ4v) is 2.75. The fourth-order valence-electron chi connectivity index (χ4n) is 2.75. The maximum Gasteiger partial charge on any atom is 0.187 e. The monoisotopic (exact) mass is 358 g/mol. The zero-order chi connectivity index (χ0) is 18.5. The Hall–Kier alpha value is -0.460. The van der Waals surface area contributed by atoms with Crippen LogP contribution in [0.15, 0.2) is 12.2 Å². The second-order valence-electron chi connectivity index (χ2n) is 6.57. The van der Waals surface area contributed by atoms with Crippen LogP contribution in [0.1, 0.15) is 59.3 Å². The number of unbranched alkanes of at least 4 members (excludes halogenated alkanes) is 3. The predicted octanol–water partition coefficient (Wildman–Crippen LogP) is 4.10. The molecule has 1 heterocycles. The maximum absolute atomic E-state index is 6.11. The Morgan fingerprint density at radius 3 is 2.00 bits per heavy atom. The number of hydrogen-bond donors (Lipinski definition) is 0. The SMILES string of the molecule is C=C1[C@@H](OCCCC)C(COCCCC)O[C@@H](OC)[C@H]1OCCCC. The molecule has 1 unspecified atom stereocenters. The van der Waals surface area contributed by atoms with Gasteiger partial charge >= 0.3 is 0 Å². The van der Waals surface area contributed by atoms with E-state index in [4.69, 9.17) is 23.7 Å². The van der Waals surface area contributed by atoms with E-state index in [0.717, 1.165) is 50.7 Å². The summed E-state index contributed by atoms with van der Waals surface area (Å²) in [5.74, 6) is 0. The van der Waals surface area contributed by atoms with E-state index in [1.54, 1.807) is 7.11 Å². The van der Waals surface area contributed by atoms with Gasteiger partial charge in [-0.1, -0.05) is 46.6 Å². The van der Waals surface area contributed by atoms with E-state index in [9.17, 15) is 0 Å². The first-order valence-corrected chi connectivity index (χ1v) is 9.87. The van der Waals surface area contributed by atoms with Gasteiger partial charge in [0.1, 0.15) is 18.3 Å². The quantitative estimate of drug-likeness (QED) is 0.345. The van der Waals surface area contributed by atoms with E-state index >= 15 is 0 Å². The van der Waals surface area contributed by atoms with Crippen molar-refractivity contribution in [2.24, 2.45) is 0 Å². The van der Waals surface area contributed by atoms with Crippen molar-refractivity contribution in [2.75, 3.05) is 33.5 Å². The second-order valence-corrected chi connectivity index (χ2v) is 6.57. The summed E-state index contributed by atoms with van der Waals surface area (Å²) in [7, 11) is 1.64. The smallest absolute Gasteiger partial charge is 0.187 e. The van der Waals surface area contributed by atoms with Gasteiger partial charge in [-0.05, 0) is 24.8 Å². The molecule has 0 aromatic carbocycles. The average molecular weight is 359 g/mol. The summed E-state index contributed by atoms with van der Waals surface area (Å²) < 4.78 is 29.5. The van der Waals surface area contributed by atoms with Crippen LogP contribution in [-0.2, 0) is 23.7 Å². The zero-order valence-electron chi connectivity index (χ0n) is 16.6. The first-order chi connectivity index (χ1) is 12.2. The molecule has 0 bridgehead atoms. The van der Waals surface area contributed by atoms with Gasteiger partial charge < -0.3 is 23.7 Å². The molecule has 0 spiro atoms. The fraction of sp³-hybridized carbons (Fsp3) is 0.900. The molecule has 1 aliphatic rings. The summed E-state index contributed by atoms with van der Waals surface area (Å²) in [4.78, 5) is 0. The van der Waals surface area contributed by atoms with Crippen LogP contribution in [0.4, 0.5) is 0 Å². The van der Waals surface area contributed by atoms with E-state index in [0.29, 0.717) is 19.8 Å². The molecule has 0 radical (unpaired) electrons. The molecule has 5 nitrogen and oxygen atoms in total. The maximum atomic E-state index is 6.11. The van der Waals surface area contributed by atoms with Gasteiger partial charge in [-0.25, -0.2) is 0 Å². The van der Waals surface area contributed by atoms with Crippen molar-refractivity contribution in [3.63, 3.8) is 0 Å². The summed E-state index contributed by atoms with van der Waals surface area (Å²) in [5, 5.41) is 0. The molecule has 5 heteroatoms. The molecule has 1 saturated heterocycles. The summed E-state index contributed by atoms with van der Waals surface area (Å²) in [6, 6.07) is 0. The first kappa shape index (κ1) is 22.6. The van der Waals surface area contributed by atoms with Gasteiger partial charge in [0, 0.05) is 26.9 Å². The second kappa shape index (κ2) is 13.7. The lowest BCUT2D eigenvalue weighted by molar-refractivity contribution is -0.257. The third-order valence-electron chi connectivity index (χ3n) is 4.37. The minimum absolute atomic E-state index is 0.211. The first-order valence-electron chi connectivity index (χ1n) is 9.87. The number of methoxy groups -OCH3 is 1. The molecule has 0 aromatic heterocycles. The van der Waals surface area contributed by atoms with Gasteiger partial charge in [0.2, 0.25) is 0 Å². The van der Waals surface area contributed by atoms with Crippen LogP contribution in [-0.4, -0.2) is 58.1 Å². The third kappa shape index (κ3) is 7.75. The van der Waals surface area contributed by atoms with Crippen LogP contribution in [0.3, 0.4) is 0 Å². The molecule has 0 aromatic rings. The van der Waals surface area contributed by atoms with Crippen molar-refractivity contribution in [3.8, 4) is 0 Å². The van der Waals surface area contributed by atoms with Gasteiger partial charge in [0.25, 0.3) is 0 Å². The Morgan fingerprint density at radius 2 is 1.44 bits per heavy atom.